The van der Waals surface area contributed by atoms with E-state index in [1.54, 1.807) is 12.3 Å². The van der Waals surface area contributed by atoms with Gasteiger partial charge in [0.15, 0.2) is 5.96 Å². The molecule has 5 nitrogen and oxygen atoms in total. The van der Waals surface area contributed by atoms with E-state index in [1.807, 2.05) is 30.3 Å². The van der Waals surface area contributed by atoms with E-state index in [4.69, 9.17) is 5.73 Å². The number of nitrogens with zero attached hydrogens (tertiary/aromatic N) is 3. The number of pyridine rings is 1. The van der Waals surface area contributed by atoms with Crippen molar-refractivity contribution in [2.24, 2.45) is 16.6 Å². The van der Waals surface area contributed by atoms with Gasteiger partial charge in [0.2, 0.25) is 0 Å². The van der Waals surface area contributed by atoms with Crippen LogP contribution in [0, 0.1) is 11.7 Å². The van der Waals surface area contributed by atoms with Gasteiger partial charge in [0, 0.05) is 25.8 Å². The highest BCUT2D eigenvalue weighted by Gasteiger charge is 2.24. The summed E-state index contributed by atoms with van der Waals surface area (Å²) in [6.45, 7) is 2.26. The second kappa shape index (κ2) is 7.09. The summed E-state index contributed by atoms with van der Waals surface area (Å²) < 4.78 is 13.8. The van der Waals surface area contributed by atoms with Gasteiger partial charge in [0.25, 0.3) is 0 Å². The van der Waals surface area contributed by atoms with E-state index in [1.165, 1.54) is 6.07 Å². The lowest BCUT2D eigenvalue weighted by Crippen LogP contribution is -2.25. The Hall–Kier alpha value is -2.63. The number of benzene rings is 1. The van der Waals surface area contributed by atoms with E-state index in [-0.39, 0.29) is 5.82 Å². The zero-order valence-corrected chi connectivity index (χ0v) is 12.8. The molecule has 0 bridgehead atoms. The minimum absolute atomic E-state index is 0.173. The van der Waals surface area contributed by atoms with Crippen molar-refractivity contribution in [3.63, 3.8) is 0 Å². The van der Waals surface area contributed by atoms with Crippen LogP contribution in [0.15, 0.2) is 53.7 Å². The Kier molecular flexibility index (Phi) is 4.71. The number of para-hydroxylation sites is 1. The van der Waals surface area contributed by atoms with Crippen molar-refractivity contribution in [2.45, 2.75) is 6.42 Å². The molecule has 0 saturated carbocycles. The molecule has 1 fully saturated rings. The molecule has 1 saturated heterocycles. The Balaban J connectivity index is 1.54. The zero-order chi connectivity index (χ0) is 16.1. The van der Waals surface area contributed by atoms with E-state index in [0.717, 1.165) is 19.5 Å². The standard InChI is InChI=1S/C17H20FN5/c18-14-5-1-2-6-15(14)23-10-8-13(12-23)11-21-17(19)22-16-7-3-4-9-20-16/h1-7,9,13H,8,10-12H2,(H3,19,20,21,22). The lowest BCUT2D eigenvalue weighted by atomic mass is 10.1. The van der Waals surface area contributed by atoms with Crippen LogP contribution < -0.4 is 16.0 Å². The van der Waals surface area contributed by atoms with Crippen LogP contribution in [-0.4, -0.2) is 30.6 Å². The molecule has 3 rings (SSSR count). The third kappa shape index (κ3) is 3.97. The van der Waals surface area contributed by atoms with Gasteiger partial charge in [-0.3, -0.25) is 4.99 Å². The first kappa shape index (κ1) is 15.3. The maximum atomic E-state index is 13.8. The molecule has 23 heavy (non-hydrogen) atoms. The van der Waals surface area contributed by atoms with Gasteiger partial charge in [0.05, 0.1) is 5.69 Å². The number of aromatic nitrogens is 1. The van der Waals surface area contributed by atoms with Crippen molar-refractivity contribution >= 4 is 17.5 Å². The van der Waals surface area contributed by atoms with Gasteiger partial charge in [-0.15, -0.1) is 0 Å². The molecule has 1 aromatic carbocycles. The van der Waals surface area contributed by atoms with E-state index < -0.39 is 0 Å². The quantitative estimate of drug-likeness (QED) is 0.672. The van der Waals surface area contributed by atoms with Crippen LogP contribution in [0.25, 0.3) is 0 Å². The molecule has 1 aromatic heterocycles. The van der Waals surface area contributed by atoms with E-state index in [9.17, 15) is 4.39 Å². The fraction of sp³-hybridized carbons (Fsp3) is 0.294. The number of rotatable bonds is 4. The van der Waals surface area contributed by atoms with Gasteiger partial charge < -0.3 is 16.0 Å². The molecule has 120 valence electrons. The predicted molar refractivity (Wildman–Crippen MR) is 91.1 cm³/mol. The number of halogens is 1. The minimum atomic E-state index is -0.173. The van der Waals surface area contributed by atoms with Crippen LogP contribution in [0.5, 0.6) is 0 Å². The van der Waals surface area contributed by atoms with Gasteiger partial charge in [-0.1, -0.05) is 18.2 Å². The molecule has 0 radical (unpaired) electrons. The summed E-state index contributed by atoms with van der Waals surface area (Å²) in [6.07, 6.45) is 2.67. The molecular weight excluding hydrogens is 293 g/mol. The number of hydrogen-bond acceptors (Lipinski definition) is 3. The molecule has 0 aliphatic carbocycles. The monoisotopic (exact) mass is 313 g/mol. The first-order valence-corrected chi connectivity index (χ1v) is 7.70. The molecule has 1 atom stereocenters. The average Bonchev–Trinajstić information content (AvgIpc) is 3.03. The largest absolute Gasteiger partial charge is 0.370 e. The molecule has 0 amide bonds. The van der Waals surface area contributed by atoms with Crippen LogP contribution in [-0.2, 0) is 0 Å². The number of nitrogens with one attached hydrogen (secondary N) is 1. The highest BCUT2D eigenvalue weighted by atomic mass is 19.1. The average molecular weight is 313 g/mol. The molecule has 2 heterocycles. The molecule has 3 N–H and O–H groups in total. The summed E-state index contributed by atoms with van der Waals surface area (Å²) in [5, 5.41) is 2.96. The molecule has 6 heteroatoms. The summed E-state index contributed by atoms with van der Waals surface area (Å²) in [4.78, 5) is 10.6. The van der Waals surface area contributed by atoms with E-state index >= 15 is 0 Å². The SMILES string of the molecule is NC(=NCC1CCN(c2ccccc2F)C1)Nc1ccccn1. The number of hydrogen-bond donors (Lipinski definition) is 2. The summed E-state index contributed by atoms with van der Waals surface area (Å²) in [5.74, 6) is 1.23. The molecule has 0 spiro atoms. The Morgan fingerprint density at radius 1 is 1.30 bits per heavy atom. The van der Waals surface area contributed by atoms with Crippen LogP contribution >= 0.6 is 0 Å². The Labute approximate surface area is 135 Å². The second-order valence-electron chi connectivity index (χ2n) is 5.62. The maximum absolute atomic E-state index is 13.8. The van der Waals surface area contributed by atoms with Gasteiger partial charge in [0.1, 0.15) is 11.6 Å². The number of guanidine groups is 1. The van der Waals surface area contributed by atoms with Crippen molar-refractivity contribution < 1.29 is 4.39 Å². The zero-order valence-electron chi connectivity index (χ0n) is 12.8. The van der Waals surface area contributed by atoms with Gasteiger partial charge in [-0.2, -0.15) is 0 Å². The van der Waals surface area contributed by atoms with Crippen LogP contribution in [0.4, 0.5) is 15.9 Å². The number of anilines is 2. The number of nitrogens with two attached hydrogens (primary N) is 1. The molecule has 2 aromatic rings. The predicted octanol–water partition coefficient (Wildman–Crippen LogP) is 2.47. The van der Waals surface area contributed by atoms with Crippen LogP contribution in [0.2, 0.25) is 0 Å². The summed E-state index contributed by atoms with van der Waals surface area (Å²) in [6, 6.07) is 12.4. The van der Waals surface area contributed by atoms with Crippen molar-refractivity contribution in [2.75, 3.05) is 29.9 Å². The lowest BCUT2D eigenvalue weighted by molar-refractivity contribution is 0.598. The van der Waals surface area contributed by atoms with Crippen molar-refractivity contribution in [1.82, 2.24) is 4.98 Å². The summed E-state index contributed by atoms with van der Waals surface area (Å²) >= 11 is 0. The van der Waals surface area contributed by atoms with Gasteiger partial charge in [-0.05, 0) is 36.6 Å². The first-order valence-electron chi connectivity index (χ1n) is 7.70. The van der Waals surface area contributed by atoms with Crippen molar-refractivity contribution in [3.8, 4) is 0 Å². The third-order valence-corrected chi connectivity index (χ3v) is 3.92. The highest BCUT2D eigenvalue weighted by molar-refractivity contribution is 5.91. The third-order valence-electron chi connectivity index (χ3n) is 3.92. The fourth-order valence-corrected chi connectivity index (χ4v) is 2.74. The Morgan fingerprint density at radius 2 is 2.13 bits per heavy atom. The second-order valence-corrected chi connectivity index (χ2v) is 5.62. The topological polar surface area (TPSA) is 66.5 Å². The summed E-state index contributed by atoms with van der Waals surface area (Å²) in [7, 11) is 0. The van der Waals surface area contributed by atoms with Crippen molar-refractivity contribution in [1.29, 1.82) is 0 Å². The van der Waals surface area contributed by atoms with Crippen LogP contribution in [0.1, 0.15) is 6.42 Å². The molecule has 1 aliphatic heterocycles. The molecule has 1 unspecified atom stereocenters. The normalized spacial score (nSPS) is 18.2. The molecular formula is C17H20FN5. The van der Waals surface area contributed by atoms with Crippen LogP contribution in [0.3, 0.4) is 0 Å². The maximum Gasteiger partial charge on any atom is 0.194 e. The lowest BCUT2D eigenvalue weighted by Gasteiger charge is -2.18. The summed E-state index contributed by atoms with van der Waals surface area (Å²) in [5.41, 5.74) is 6.54. The highest BCUT2D eigenvalue weighted by Crippen LogP contribution is 2.26. The number of aliphatic imine (C=N–C) groups is 1. The van der Waals surface area contributed by atoms with Crippen molar-refractivity contribution in [3.05, 3.63) is 54.5 Å². The van der Waals surface area contributed by atoms with Gasteiger partial charge in [-0.25, -0.2) is 9.37 Å². The fourth-order valence-electron chi connectivity index (χ4n) is 2.74. The smallest absolute Gasteiger partial charge is 0.194 e. The van der Waals surface area contributed by atoms with Gasteiger partial charge >= 0.3 is 0 Å². The van der Waals surface area contributed by atoms with E-state index in [0.29, 0.717) is 29.9 Å². The first-order chi connectivity index (χ1) is 11.2. The Bertz CT molecular complexity index is 674. The van der Waals surface area contributed by atoms with E-state index in [2.05, 4.69) is 20.2 Å². The Morgan fingerprint density at radius 3 is 2.91 bits per heavy atom. The molecule has 1 aliphatic rings. The minimum Gasteiger partial charge on any atom is -0.370 e.